The maximum Gasteiger partial charge on any atom is 0.223 e. The molecule has 0 spiro atoms. The van der Waals surface area contributed by atoms with E-state index in [1.165, 1.54) is 26.4 Å². The molecule has 0 saturated heterocycles. The molecule has 0 aliphatic heterocycles. The van der Waals surface area contributed by atoms with Crippen molar-refractivity contribution < 1.29 is 14.2 Å². The number of nitriles is 1. The second kappa shape index (κ2) is 8.35. The minimum Gasteiger partial charge on any atom is -0.474 e. The SMILES string of the molecule is CC(C)(F)COc1ncncc1CNc1ncc(C#N)c(C[C@@H]2C[C@](C)(O)C2(C)C)n1. The molecule has 8 nitrogen and oxygen atoms in total. The molecule has 0 bridgehead atoms. The monoisotopic (exact) mass is 428 g/mol. The summed E-state index contributed by atoms with van der Waals surface area (Å²) >= 11 is 0. The van der Waals surface area contributed by atoms with Gasteiger partial charge in [-0.25, -0.2) is 24.3 Å². The molecule has 2 heterocycles. The second-order valence-electron chi connectivity index (χ2n) is 9.48. The van der Waals surface area contributed by atoms with Crippen molar-refractivity contribution in [3.63, 3.8) is 0 Å². The van der Waals surface area contributed by atoms with Crippen LogP contribution in [0, 0.1) is 22.7 Å². The van der Waals surface area contributed by atoms with Gasteiger partial charge in [-0.3, -0.25) is 0 Å². The lowest BCUT2D eigenvalue weighted by Crippen LogP contribution is -2.59. The molecule has 0 unspecified atom stereocenters. The van der Waals surface area contributed by atoms with E-state index in [9.17, 15) is 14.8 Å². The third-order valence-corrected chi connectivity index (χ3v) is 6.22. The molecule has 0 radical (unpaired) electrons. The zero-order valence-corrected chi connectivity index (χ0v) is 18.6. The van der Waals surface area contributed by atoms with Crippen LogP contribution in [0.5, 0.6) is 5.88 Å². The molecule has 2 N–H and O–H groups in total. The molecule has 0 amide bonds. The summed E-state index contributed by atoms with van der Waals surface area (Å²) in [4.78, 5) is 16.8. The summed E-state index contributed by atoms with van der Waals surface area (Å²) in [6, 6.07) is 2.15. The van der Waals surface area contributed by atoms with Crippen LogP contribution >= 0.6 is 0 Å². The van der Waals surface area contributed by atoms with Gasteiger partial charge in [-0.05, 0) is 44.9 Å². The van der Waals surface area contributed by atoms with Crippen molar-refractivity contribution in [2.24, 2.45) is 11.3 Å². The van der Waals surface area contributed by atoms with Crippen LogP contribution in [0.4, 0.5) is 10.3 Å². The molecule has 2 atom stereocenters. The van der Waals surface area contributed by atoms with Gasteiger partial charge in [0.15, 0.2) is 0 Å². The van der Waals surface area contributed by atoms with Crippen LogP contribution in [-0.4, -0.2) is 42.9 Å². The summed E-state index contributed by atoms with van der Waals surface area (Å²) in [5, 5.41) is 23.0. The Hall–Kier alpha value is -2.86. The highest BCUT2D eigenvalue weighted by molar-refractivity contribution is 5.38. The first kappa shape index (κ1) is 22.8. The number of halogens is 1. The Morgan fingerprint density at radius 1 is 1.32 bits per heavy atom. The van der Waals surface area contributed by atoms with Crippen LogP contribution in [-0.2, 0) is 13.0 Å². The molecule has 1 fully saturated rings. The van der Waals surface area contributed by atoms with Gasteiger partial charge in [-0.15, -0.1) is 0 Å². The molecular formula is C22H29FN6O2. The Morgan fingerprint density at radius 3 is 2.68 bits per heavy atom. The molecule has 1 saturated carbocycles. The normalized spacial score (nSPS) is 22.3. The van der Waals surface area contributed by atoms with Crippen LogP contribution < -0.4 is 10.1 Å². The number of ether oxygens (including phenoxy) is 1. The van der Waals surface area contributed by atoms with E-state index in [-0.39, 0.29) is 24.5 Å². The number of hydrogen-bond acceptors (Lipinski definition) is 8. The van der Waals surface area contributed by atoms with Crippen molar-refractivity contribution in [2.75, 3.05) is 11.9 Å². The maximum absolute atomic E-state index is 13.8. The standard InChI is InChI=1S/C22H29FN6O2/c1-20(2,23)12-31-18-15(9-25-13-28-18)11-27-19-26-10-14(8-24)17(29-19)6-16-7-22(5,30)21(16,3)4/h9-10,13,16,30H,6-7,11-12H2,1-5H3,(H,26,27,29)/t16-,22+/m1/s1. The number of nitrogens with one attached hydrogen (secondary N) is 1. The smallest absolute Gasteiger partial charge is 0.223 e. The van der Waals surface area contributed by atoms with Gasteiger partial charge in [0, 0.05) is 12.7 Å². The van der Waals surface area contributed by atoms with Crippen molar-refractivity contribution >= 4 is 5.95 Å². The van der Waals surface area contributed by atoms with Crippen LogP contribution in [0.3, 0.4) is 0 Å². The van der Waals surface area contributed by atoms with Gasteiger partial charge in [0.1, 0.15) is 24.7 Å². The number of rotatable bonds is 8. The molecule has 31 heavy (non-hydrogen) atoms. The number of alkyl halides is 1. The summed E-state index contributed by atoms with van der Waals surface area (Å²) < 4.78 is 19.3. The molecule has 2 aromatic rings. The van der Waals surface area contributed by atoms with Crippen LogP contribution in [0.25, 0.3) is 0 Å². The van der Waals surface area contributed by atoms with Gasteiger partial charge in [0.25, 0.3) is 0 Å². The van der Waals surface area contributed by atoms with E-state index >= 15 is 0 Å². The van der Waals surface area contributed by atoms with Crippen molar-refractivity contribution in [2.45, 2.75) is 65.3 Å². The van der Waals surface area contributed by atoms with Gasteiger partial charge in [0.2, 0.25) is 11.8 Å². The number of aliphatic hydroxyl groups is 1. The first-order valence-electron chi connectivity index (χ1n) is 10.3. The highest BCUT2D eigenvalue weighted by atomic mass is 19.1. The van der Waals surface area contributed by atoms with E-state index < -0.39 is 11.3 Å². The molecule has 0 aromatic carbocycles. The van der Waals surface area contributed by atoms with E-state index in [0.717, 1.165) is 0 Å². The lowest BCUT2D eigenvalue weighted by atomic mass is 9.51. The van der Waals surface area contributed by atoms with Crippen molar-refractivity contribution in [3.8, 4) is 11.9 Å². The molecule has 166 valence electrons. The average Bonchev–Trinajstić information content (AvgIpc) is 2.70. The summed E-state index contributed by atoms with van der Waals surface area (Å²) in [6.45, 7) is 8.91. The van der Waals surface area contributed by atoms with Crippen molar-refractivity contribution in [1.82, 2.24) is 19.9 Å². The van der Waals surface area contributed by atoms with Gasteiger partial charge in [-0.2, -0.15) is 5.26 Å². The first-order chi connectivity index (χ1) is 14.4. The highest BCUT2D eigenvalue weighted by Crippen LogP contribution is 2.55. The van der Waals surface area contributed by atoms with E-state index in [0.29, 0.717) is 41.5 Å². The quantitative estimate of drug-likeness (QED) is 0.658. The summed E-state index contributed by atoms with van der Waals surface area (Å²) in [6.07, 6.45) is 5.67. The van der Waals surface area contributed by atoms with Gasteiger partial charge < -0.3 is 15.2 Å². The Bertz CT molecular complexity index is 981. The van der Waals surface area contributed by atoms with Crippen LogP contribution in [0.1, 0.15) is 57.9 Å². The lowest BCUT2D eigenvalue weighted by molar-refractivity contribution is -0.181. The van der Waals surface area contributed by atoms with Crippen molar-refractivity contribution in [3.05, 3.63) is 35.5 Å². The fraction of sp³-hybridized carbons (Fsp3) is 0.591. The number of anilines is 1. The summed E-state index contributed by atoms with van der Waals surface area (Å²) in [5.41, 5.74) is -0.774. The predicted octanol–water partition coefficient (Wildman–Crippen LogP) is 3.22. The zero-order valence-electron chi connectivity index (χ0n) is 18.6. The predicted molar refractivity (Wildman–Crippen MR) is 113 cm³/mol. The second-order valence-corrected chi connectivity index (χ2v) is 9.48. The Kier molecular flexibility index (Phi) is 6.14. The number of aromatic nitrogens is 4. The molecule has 1 aliphatic carbocycles. The minimum absolute atomic E-state index is 0.129. The average molecular weight is 429 g/mol. The zero-order chi connectivity index (χ0) is 22.9. The third kappa shape index (κ3) is 5.07. The van der Waals surface area contributed by atoms with E-state index in [1.54, 1.807) is 6.20 Å². The fourth-order valence-electron chi connectivity index (χ4n) is 3.63. The maximum atomic E-state index is 13.8. The van der Waals surface area contributed by atoms with Gasteiger partial charge >= 0.3 is 0 Å². The van der Waals surface area contributed by atoms with E-state index in [4.69, 9.17) is 4.74 Å². The topological polar surface area (TPSA) is 117 Å². The Labute approximate surface area is 181 Å². The Balaban J connectivity index is 1.71. The highest BCUT2D eigenvalue weighted by Gasteiger charge is 2.55. The molecular weight excluding hydrogens is 399 g/mol. The van der Waals surface area contributed by atoms with Crippen molar-refractivity contribution in [1.29, 1.82) is 5.26 Å². The summed E-state index contributed by atoms with van der Waals surface area (Å²) in [5.74, 6) is 0.864. The van der Waals surface area contributed by atoms with Gasteiger partial charge in [0.05, 0.1) is 28.6 Å². The molecule has 1 aliphatic rings. The van der Waals surface area contributed by atoms with Crippen LogP contribution in [0.15, 0.2) is 18.7 Å². The molecule has 3 rings (SSSR count). The van der Waals surface area contributed by atoms with Crippen LogP contribution in [0.2, 0.25) is 0 Å². The summed E-state index contributed by atoms with van der Waals surface area (Å²) in [7, 11) is 0. The molecule has 2 aromatic heterocycles. The lowest BCUT2D eigenvalue weighted by Gasteiger charge is -2.57. The Morgan fingerprint density at radius 2 is 2.06 bits per heavy atom. The third-order valence-electron chi connectivity index (χ3n) is 6.22. The fourth-order valence-corrected chi connectivity index (χ4v) is 3.63. The minimum atomic E-state index is -1.49. The first-order valence-corrected chi connectivity index (χ1v) is 10.3. The number of hydrogen-bond donors (Lipinski definition) is 2. The van der Waals surface area contributed by atoms with Gasteiger partial charge in [-0.1, -0.05) is 13.8 Å². The largest absolute Gasteiger partial charge is 0.474 e. The number of nitrogens with zero attached hydrogens (tertiary/aromatic N) is 5. The van der Waals surface area contributed by atoms with E-state index in [2.05, 4.69) is 31.3 Å². The molecule has 9 heteroatoms. The van der Waals surface area contributed by atoms with E-state index in [1.807, 2.05) is 20.8 Å².